The molecule has 0 rings (SSSR count). The second-order valence-electron chi connectivity index (χ2n) is 0.0583. The first-order valence-electron chi connectivity index (χ1n) is 0.309. The van der Waals surface area contributed by atoms with Gasteiger partial charge in [-0.15, -0.1) is 0 Å². The molecule has 0 aromatic rings. The van der Waals surface area contributed by atoms with Gasteiger partial charge in [-0.05, 0) is 9.05 Å². The van der Waals surface area contributed by atoms with Crippen molar-refractivity contribution in [2.75, 3.05) is 0 Å². The van der Waals surface area contributed by atoms with Gasteiger partial charge in [0.15, 0.2) is 0 Å². The van der Waals surface area contributed by atoms with Crippen molar-refractivity contribution in [3.8, 4) is 0 Å². The fourth-order valence-electron chi connectivity index (χ4n) is 0. The van der Waals surface area contributed by atoms with Crippen molar-refractivity contribution in [2.45, 2.75) is 0 Å². The van der Waals surface area contributed by atoms with E-state index >= 15 is 0 Å². The quantitative estimate of drug-likeness (QED) is 0.639. The zero-order chi connectivity index (χ0) is 2.71. The Kier molecular flexibility index (Phi) is 51.0. The number of rotatable bonds is 0. The predicted octanol–water partition coefficient (Wildman–Crippen LogP) is 0.770. The van der Waals surface area contributed by atoms with E-state index in [0.29, 0.717) is 0 Å². The van der Waals surface area contributed by atoms with Crippen LogP contribution in [-0.2, 0) is 37.9 Å². The minimum Gasteiger partial charge on any atom is -0.0104 e. The molecule has 1 radical (unpaired) electrons. The van der Waals surface area contributed by atoms with Gasteiger partial charge < -0.3 is 0 Å². The van der Waals surface area contributed by atoms with Gasteiger partial charge in [0.2, 0.25) is 0 Å². The van der Waals surface area contributed by atoms with Crippen LogP contribution in [0.3, 0.4) is 0 Å². The Hall–Kier alpha value is 2.27. The van der Waals surface area contributed by atoms with Crippen molar-refractivity contribution in [2.24, 2.45) is 0 Å². The second-order valence-corrected chi connectivity index (χ2v) is 0.0583. The van der Waals surface area contributed by atoms with Gasteiger partial charge in [0.05, 0.1) is 0 Å². The molecule has 0 aromatic heterocycles. The van der Waals surface area contributed by atoms with Gasteiger partial charge in [0.25, 0.3) is 0 Å². The van der Waals surface area contributed by atoms with Gasteiger partial charge in [-0.1, -0.05) is 0 Å². The average molecular weight is 287 g/mol. The summed E-state index contributed by atoms with van der Waals surface area (Å²) < 4.78 is 18.2. The summed E-state index contributed by atoms with van der Waals surface area (Å²) in [5.74, 6) is 0. The topological polar surface area (TPSA) is 9.23 Å². The Bertz CT molecular complexity index is 9.61. The number of hydrogen-bond acceptors (Lipinski definition) is 1. The van der Waals surface area contributed by atoms with Crippen molar-refractivity contribution >= 4 is 0 Å². The third-order valence-corrected chi connectivity index (χ3v) is 0. The molecule has 0 saturated carbocycles. The summed E-state index contributed by atoms with van der Waals surface area (Å²) >= 11 is 0. The molecule has 0 aliphatic heterocycles. The zero-order valence-electron chi connectivity index (χ0n) is 2.24. The Morgan fingerprint density at radius 3 is 1.20 bits per heavy atom. The smallest absolute Gasteiger partial charge is 0.0104 e. The molecule has 0 fully saturated rings. The van der Waals surface area contributed by atoms with Crippen molar-refractivity contribution in [3.63, 3.8) is 0 Å². The standard InChI is InChI=1S/F2O.Nd.Y/c1-3-2;;. The monoisotopic (exact) mass is 285 g/mol. The van der Waals surface area contributed by atoms with E-state index in [9.17, 15) is 0 Å². The van der Waals surface area contributed by atoms with E-state index in [4.69, 9.17) is 9.05 Å². The SMILES string of the molecule is FOF.[Nd].[Y]. The van der Waals surface area contributed by atoms with Crippen LogP contribution in [0, 0.1) is 40.8 Å². The van der Waals surface area contributed by atoms with E-state index in [1.165, 1.54) is 5.15 Å². The number of halogens is 2. The van der Waals surface area contributed by atoms with Crippen molar-refractivity contribution in [1.29, 1.82) is 0 Å². The van der Waals surface area contributed by atoms with Crippen molar-refractivity contribution < 1.29 is 87.7 Å². The summed E-state index contributed by atoms with van der Waals surface area (Å²) in [6.07, 6.45) is 0. The van der Waals surface area contributed by atoms with Crippen LogP contribution in [-0.4, -0.2) is 0 Å². The van der Waals surface area contributed by atoms with Crippen LogP contribution in [0.4, 0.5) is 9.05 Å². The molecule has 0 saturated heterocycles. The van der Waals surface area contributed by atoms with E-state index in [1.807, 2.05) is 0 Å². The molecule has 0 atom stereocenters. The van der Waals surface area contributed by atoms with Crippen molar-refractivity contribution in [3.05, 3.63) is 0 Å². The van der Waals surface area contributed by atoms with E-state index in [0.717, 1.165) is 0 Å². The molecule has 5 heavy (non-hydrogen) atoms. The van der Waals surface area contributed by atoms with Crippen LogP contribution in [0.15, 0.2) is 0 Å². The van der Waals surface area contributed by atoms with Crippen LogP contribution in [0.25, 0.3) is 0 Å². The van der Waals surface area contributed by atoms with Crippen LogP contribution in [0.5, 0.6) is 0 Å². The van der Waals surface area contributed by atoms with Gasteiger partial charge in [0.1, 0.15) is 0 Å². The van der Waals surface area contributed by atoms with E-state index in [2.05, 4.69) is 0 Å². The van der Waals surface area contributed by atoms with E-state index < -0.39 is 0 Å². The van der Waals surface area contributed by atoms with E-state index in [1.54, 1.807) is 0 Å². The fraction of sp³-hybridized carbons (Fsp3) is 0. The fourth-order valence-corrected chi connectivity index (χ4v) is 0. The summed E-state index contributed by atoms with van der Waals surface area (Å²) in [6.45, 7) is 0. The maximum atomic E-state index is 9.12. The molecular weight excluding hydrogens is 287 g/mol. The average Bonchev–Trinajstić information content (AvgIpc) is 0.918. The van der Waals surface area contributed by atoms with Crippen LogP contribution in [0.2, 0.25) is 0 Å². The first-order chi connectivity index (χ1) is 1.41. The van der Waals surface area contributed by atoms with Gasteiger partial charge in [-0.25, -0.2) is 0 Å². The summed E-state index contributed by atoms with van der Waals surface area (Å²) in [4.78, 5) is 0. The largest absolute Gasteiger partial charge is 0.0209 e. The molecule has 0 unspecified atom stereocenters. The summed E-state index contributed by atoms with van der Waals surface area (Å²) in [7, 11) is 0. The molecule has 1 nitrogen and oxygen atoms in total. The zero-order valence-corrected chi connectivity index (χ0v) is 8.29. The molecule has 5 heteroatoms. The predicted molar refractivity (Wildman–Crippen MR) is 3.30 cm³/mol. The third kappa shape index (κ3) is 22.2. The Labute approximate surface area is 86.0 Å². The molecule has 0 N–H and O–H groups in total. The molecule has 0 bridgehead atoms. The van der Waals surface area contributed by atoms with Crippen LogP contribution in [0.1, 0.15) is 0 Å². The molecule has 0 heterocycles. The summed E-state index contributed by atoms with van der Waals surface area (Å²) in [5.41, 5.74) is 0. The molecule has 0 aliphatic rings. The molecule has 0 aromatic carbocycles. The van der Waals surface area contributed by atoms with Crippen LogP contribution < -0.4 is 0 Å². The van der Waals surface area contributed by atoms with Crippen molar-refractivity contribution in [1.82, 2.24) is 0 Å². The third-order valence-electron chi connectivity index (χ3n) is 0. The molecule has 0 aliphatic carbocycles. The Morgan fingerprint density at radius 1 is 1.20 bits per heavy atom. The molecule has 27 valence electrons. The summed E-state index contributed by atoms with van der Waals surface area (Å²) in [6, 6.07) is 0. The van der Waals surface area contributed by atoms with Crippen LogP contribution >= 0.6 is 0 Å². The van der Waals surface area contributed by atoms with E-state index in [-0.39, 0.29) is 73.5 Å². The molecule has 0 amide bonds. The molecule has 0 spiro atoms. The first kappa shape index (κ1) is 15.7. The normalized spacial score (nSPS) is 3.60. The maximum Gasteiger partial charge on any atom is 0.0209 e. The minimum atomic E-state index is 0. The Morgan fingerprint density at radius 2 is 1.20 bits per heavy atom. The molecular formula is F2NdOY. The minimum absolute atomic E-state index is 0. The van der Waals surface area contributed by atoms with Gasteiger partial charge in [-0.3, -0.25) is 0 Å². The first-order valence-corrected chi connectivity index (χ1v) is 0.309. The summed E-state index contributed by atoms with van der Waals surface area (Å²) in [5, 5.41) is 1.25. The van der Waals surface area contributed by atoms with Gasteiger partial charge in [-0.2, -0.15) is 0 Å². The second kappa shape index (κ2) is 16.3. The number of hydrogen-bond donors (Lipinski definition) is 0. The maximum absolute atomic E-state index is 9.12. The Balaban J connectivity index is -0.0000000200. The van der Waals surface area contributed by atoms with Gasteiger partial charge >= 0.3 is 0 Å². The van der Waals surface area contributed by atoms with Gasteiger partial charge in [0, 0.05) is 78.7 Å².